The number of ether oxygens (including phenoxy) is 1. The monoisotopic (exact) mass is 165 g/mol. The van der Waals surface area contributed by atoms with Crippen LogP contribution in [0.1, 0.15) is 0 Å². The topological polar surface area (TPSA) is 18.5 Å². The summed E-state index contributed by atoms with van der Waals surface area (Å²) in [5.74, 6) is 0. The van der Waals surface area contributed by atoms with E-state index in [1.807, 2.05) is 0 Å². The predicted octanol–water partition coefficient (Wildman–Crippen LogP) is 0.111. The molecule has 0 aromatic rings. The number of methoxy groups -OCH3 is 1. The Labute approximate surface area is 53.3 Å². The molecule has 0 fully saturated rings. The fraction of sp³-hybridized carbons (Fsp3) is 1.00. The molecule has 3 heteroatoms. The van der Waals surface area contributed by atoms with Crippen LogP contribution in [0.2, 0.25) is 0 Å². The van der Waals surface area contributed by atoms with Gasteiger partial charge in [0.2, 0.25) is 0 Å². The average molecular weight is 166 g/mol. The molecule has 0 radical (unpaired) electrons. The van der Waals surface area contributed by atoms with Crippen molar-refractivity contribution in [3.05, 3.63) is 0 Å². The molecule has 0 N–H and O–H groups in total. The van der Waals surface area contributed by atoms with Crippen molar-refractivity contribution in [2.45, 2.75) is 0 Å². The van der Waals surface area contributed by atoms with E-state index in [4.69, 9.17) is 2.81 Å². The first-order valence-electron chi connectivity index (χ1n) is 1.69. The van der Waals surface area contributed by atoms with Crippen LogP contribution in [0.25, 0.3) is 0 Å². The minimum atomic E-state index is 0.713. The van der Waals surface area contributed by atoms with Crippen LogP contribution < -0.4 is 0 Å². The third-order valence-electron chi connectivity index (χ3n) is 0.390. The molecule has 0 amide bonds. The van der Waals surface area contributed by atoms with Crippen LogP contribution in [0.4, 0.5) is 0 Å². The Bertz CT molecular complexity index is 20.8. The molecular weight excluding hydrogens is 159 g/mol. The van der Waals surface area contributed by atoms with E-state index in [1.54, 1.807) is 7.11 Å². The summed E-state index contributed by atoms with van der Waals surface area (Å²) in [7, 11) is 1.66. The summed E-state index contributed by atoms with van der Waals surface area (Å²) < 4.78 is 9.42. The summed E-state index contributed by atoms with van der Waals surface area (Å²) in [6.45, 7) is 1.44. The quantitative estimate of drug-likeness (QED) is 0.554. The van der Waals surface area contributed by atoms with Crippen molar-refractivity contribution in [3.8, 4) is 0 Å². The van der Waals surface area contributed by atoms with E-state index < -0.39 is 0 Å². The van der Waals surface area contributed by atoms with Gasteiger partial charge in [-0.05, 0) is 0 Å². The zero-order valence-corrected chi connectivity index (χ0v) is 6.19. The summed E-state index contributed by atoms with van der Waals surface area (Å²) >= 11 is 1.11. The minimum absolute atomic E-state index is 0.713. The van der Waals surface area contributed by atoms with Gasteiger partial charge < -0.3 is 0 Å². The Morgan fingerprint density at radius 3 is 2.33 bits per heavy atom. The van der Waals surface area contributed by atoms with E-state index in [9.17, 15) is 0 Å². The van der Waals surface area contributed by atoms with Crippen LogP contribution >= 0.6 is 0 Å². The predicted molar refractivity (Wildman–Crippen MR) is 17.8 cm³/mol. The van der Waals surface area contributed by atoms with Gasteiger partial charge in [-0.1, -0.05) is 0 Å². The Kier molecular flexibility index (Phi) is 6.58. The van der Waals surface area contributed by atoms with Gasteiger partial charge in [0.15, 0.2) is 0 Å². The summed E-state index contributed by atoms with van der Waals surface area (Å²) in [4.78, 5) is 0. The van der Waals surface area contributed by atoms with Crippen molar-refractivity contribution in [3.63, 3.8) is 0 Å². The molecule has 0 saturated carbocycles. The van der Waals surface area contributed by atoms with E-state index >= 15 is 0 Å². The van der Waals surface area contributed by atoms with E-state index in [1.165, 1.54) is 0 Å². The molecule has 0 unspecified atom stereocenters. The van der Waals surface area contributed by atoms with Crippen LogP contribution in [-0.2, 0) is 32.7 Å². The fourth-order valence-corrected chi connectivity index (χ4v) is 0.330. The number of hydrogen-bond donors (Lipinski definition) is 0. The molecule has 2 nitrogen and oxygen atoms in total. The molecule has 0 bridgehead atoms. The maximum atomic E-state index is 4.75. The van der Waals surface area contributed by atoms with E-state index in [2.05, 4.69) is 4.74 Å². The second-order valence-electron chi connectivity index (χ2n) is 0.841. The Morgan fingerprint density at radius 1 is 1.50 bits per heavy atom. The zero-order chi connectivity index (χ0) is 4.83. The molecule has 35 valence electrons. The molecule has 6 heavy (non-hydrogen) atoms. The third-order valence-corrected chi connectivity index (χ3v) is 0.891. The third kappa shape index (κ3) is 4.80. The molecule has 0 aromatic heterocycles. The Hall–Kier alpha value is 0.803. The van der Waals surface area contributed by atoms with Crippen molar-refractivity contribution in [2.75, 3.05) is 20.3 Å². The van der Waals surface area contributed by atoms with Crippen molar-refractivity contribution in [1.29, 1.82) is 0 Å². The van der Waals surface area contributed by atoms with Gasteiger partial charge in [-0.15, -0.1) is 0 Å². The standard InChI is InChI=1S/C3H7O2.Zr/c1-5-3-2-4;/h2-3H2,1H3;/q-1;+1. The van der Waals surface area contributed by atoms with Crippen LogP contribution in [0, 0.1) is 0 Å². The number of rotatable bonds is 3. The fourth-order valence-electron chi connectivity index (χ4n) is 0.125. The summed E-state index contributed by atoms with van der Waals surface area (Å²) in [5.41, 5.74) is 0. The van der Waals surface area contributed by atoms with Gasteiger partial charge in [0, 0.05) is 0 Å². The van der Waals surface area contributed by atoms with E-state index in [-0.39, 0.29) is 0 Å². The zero-order valence-electron chi connectivity index (χ0n) is 3.73. The van der Waals surface area contributed by atoms with E-state index in [0.29, 0.717) is 6.61 Å². The van der Waals surface area contributed by atoms with Crippen LogP contribution in [0.3, 0.4) is 0 Å². The average Bonchev–Trinajstić information content (AvgIpc) is 1.61. The second-order valence-corrected chi connectivity index (χ2v) is 1.55. The van der Waals surface area contributed by atoms with Crippen molar-refractivity contribution in [2.24, 2.45) is 0 Å². The molecule has 0 atom stereocenters. The van der Waals surface area contributed by atoms with Crippen LogP contribution in [0.15, 0.2) is 0 Å². The second kappa shape index (κ2) is 5.80. The summed E-state index contributed by atoms with van der Waals surface area (Å²) in [6, 6.07) is 0. The first kappa shape index (κ1) is 6.80. The van der Waals surface area contributed by atoms with Gasteiger partial charge in [-0.2, -0.15) is 0 Å². The van der Waals surface area contributed by atoms with Gasteiger partial charge in [0.25, 0.3) is 0 Å². The number of hydrogen-bond acceptors (Lipinski definition) is 2. The van der Waals surface area contributed by atoms with Crippen molar-refractivity contribution >= 4 is 0 Å². The van der Waals surface area contributed by atoms with Gasteiger partial charge in [-0.25, -0.2) is 0 Å². The SMILES string of the molecule is COCC[O][Zr]. The molecule has 0 rings (SSSR count). The van der Waals surface area contributed by atoms with Gasteiger partial charge in [0.1, 0.15) is 0 Å². The molecule has 0 aromatic carbocycles. The molecule has 0 aliphatic carbocycles. The molecule has 0 saturated heterocycles. The van der Waals surface area contributed by atoms with Crippen LogP contribution in [0.5, 0.6) is 0 Å². The van der Waals surface area contributed by atoms with Gasteiger partial charge in [0.05, 0.1) is 0 Å². The van der Waals surface area contributed by atoms with Crippen molar-refractivity contribution < 1.29 is 32.7 Å². The van der Waals surface area contributed by atoms with Gasteiger partial charge in [-0.3, -0.25) is 0 Å². The normalized spacial score (nSPS) is 8.67. The summed E-state index contributed by atoms with van der Waals surface area (Å²) in [6.07, 6.45) is 0. The van der Waals surface area contributed by atoms with Gasteiger partial charge >= 0.3 is 53.0 Å². The van der Waals surface area contributed by atoms with E-state index in [0.717, 1.165) is 31.8 Å². The molecule has 0 aliphatic rings. The maximum absolute atomic E-state index is 4.75. The molecule has 0 heterocycles. The van der Waals surface area contributed by atoms with Crippen LogP contribution in [-0.4, -0.2) is 20.3 Å². The Balaban J connectivity index is 2.34. The van der Waals surface area contributed by atoms with Crippen molar-refractivity contribution in [1.82, 2.24) is 0 Å². The molecule has 0 spiro atoms. The Morgan fingerprint density at radius 2 is 2.17 bits per heavy atom. The first-order valence-corrected chi connectivity index (χ1v) is 2.69. The molecular formula is C3H7O2Zr. The first-order chi connectivity index (χ1) is 2.91. The molecule has 0 aliphatic heterocycles. The summed E-state index contributed by atoms with van der Waals surface area (Å²) in [5, 5.41) is 0.